The van der Waals surface area contributed by atoms with E-state index in [2.05, 4.69) is 10.6 Å². The van der Waals surface area contributed by atoms with Crippen molar-refractivity contribution in [2.24, 2.45) is 0 Å². The fourth-order valence-electron chi connectivity index (χ4n) is 4.27. The standard InChI is InChI=1S/C29H25N3O4S/c1-36-25-12-6-4-10-22(25)30-27(33)17-32-24-11-5-7-13-26(24)37-18-23(29(32)35)31-28(34)21-15-14-19-8-2-3-9-20(19)16-21/h2-16,23H,17-18H2,1H3,(H,30,33)(H,31,34). The Hall–Kier alpha value is -4.30. The van der Waals surface area contributed by atoms with Crippen molar-refractivity contribution in [3.63, 3.8) is 0 Å². The van der Waals surface area contributed by atoms with Gasteiger partial charge in [0.25, 0.3) is 11.8 Å². The highest BCUT2D eigenvalue weighted by Crippen LogP contribution is 2.34. The lowest BCUT2D eigenvalue weighted by atomic mass is 10.1. The quantitative estimate of drug-likeness (QED) is 0.391. The molecule has 0 saturated heterocycles. The number of nitrogens with zero attached hydrogens (tertiary/aromatic N) is 1. The molecule has 1 atom stereocenters. The van der Waals surface area contributed by atoms with Gasteiger partial charge in [-0.15, -0.1) is 11.8 Å². The van der Waals surface area contributed by atoms with E-state index in [9.17, 15) is 14.4 Å². The number of hydrogen-bond acceptors (Lipinski definition) is 5. The van der Waals surface area contributed by atoms with Gasteiger partial charge in [-0.05, 0) is 47.2 Å². The number of para-hydroxylation sites is 3. The molecule has 0 radical (unpaired) electrons. The summed E-state index contributed by atoms with van der Waals surface area (Å²) in [7, 11) is 1.53. The van der Waals surface area contributed by atoms with Crippen LogP contribution in [0.15, 0.2) is 95.9 Å². The number of hydrogen-bond donors (Lipinski definition) is 2. The molecule has 0 spiro atoms. The zero-order valence-corrected chi connectivity index (χ0v) is 21.0. The van der Waals surface area contributed by atoms with Gasteiger partial charge in [0.2, 0.25) is 5.91 Å². The second-order valence-corrected chi connectivity index (χ2v) is 9.60. The fraction of sp³-hybridized carbons (Fsp3) is 0.138. The lowest BCUT2D eigenvalue weighted by Crippen LogP contribution is -2.51. The van der Waals surface area contributed by atoms with Crippen LogP contribution < -0.4 is 20.3 Å². The molecule has 0 saturated carbocycles. The number of carbonyl (C=O) groups is 3. The molecule has 2 N–H and O–H groups in total. The highest BCUT2D eigenvalue weighted by atomic mass is 32.2. The Kier molecular flexibility index (Phi) is 7.09. The maximum atomic E-state index is 13.7. The van der Waals surface area contributed by atoms with Crippen LogP contribution in [0.2, 0.25) is 0 Å². The van der Waals surface area contributed by atoms with Crippen molar-refractivity contribution in [1.82, 2.24) is 5.32 Å². The lowest BCUT2D eigenvalue weighted by Gasteiger charge is -2.25. The number of nitrogens with one attached hydrogen (secondary N) is 2. The molecule has 5 rings (SSSR count). The van der Waals surface area contributed by atoms with Crippen LogP contribution in [0.25, 0.3) is 10.8 Å². The van der Waals surface area contributed by atoms with E-state index in [4.69, 9.17) is 4.74 Å². The predicted octanol–water partition coefficient (Wildman–Crippen LogP) is 4.72. The molecule has 0 aliphatic carbocycles. The van der Waals surface area contributed by atoms with Gasteiger partial charge < -0.3 is 20.3 Å². The van der Waals surface area contributed by atoms with Crippen LogP contribution in [-0.4, -0.2) is 43.2 Å². The number of carbonyl (C=O) groups excluding carboxylic acids is 3. The smallest absolute Gasteiger partial charge is 0.251 e. The van der Waals surface area contributed by atoms with Crippen molar-refractivity contribution in [3.05, 3.63) is 96.6 Å². The number of fused-ring (bicyclic) bond motifs is 2. The first-order valence-corrected chi connectivity index (χ1v) is 12.8. The van der Waals surface area contributed by atoms with Crippen molar-refractivity contribution in [3.8, 4) is 5.75 Å². The molecule has 1 unspecified atom stereocenters. The van der Waals surface area contributed by atoms with E-state index in [0.29, 0.717) is 28.4 Å². The molecule has 3 amide bonds. The molecule has 8 heteroatoms. The van der Waals surface area contributed by atoms with Crippen molar-refractivity contribution >= 4 is 51.6 Å². The number of amides is 3. The second-order valence-electron chi connectivity index (χ2n) is 8.54. The third-order valence-electron chi connectivity index (χ3n) is 6.13. The summed E-state index contributed by atoms with van der Waals surface area (Å²) in [6, 6.07) is 26.9. The first-order valence-electron chi connectivity index (χ1n) is 11.8. The molecular weight excluding hydrogens is 486 g/mol. The number of rotatable bonds is 6. The zero-order valence-electron chi connectivity index (χ0n) is 20.1. The summed E-state index contributed by atoms with van der Waals surface area (Å²) < 4.78 is 5.32. The summed E-state index contributed by atoms with van der Waals surface area (Å²) >= 11 is 1.47. The number of anilines is 2. The van der Waals surface area contributed by atoms with E-state index in [0.717, 1.165) is 15.7 Å². The molecule has 0 aromatic heterocycles. The van der Waals surface area contributed by atoms with Crippen LogP contribution in [0.5, 0.6) is 5.75 Å². The Morgan fingerprint density at radius 1 is 0.946 bits per heavy atom. The third-order valence-corrected chi connectivity index (χ3v) is 7.28. The van der Waals surface area contributed by atoms with Gasteiger partial charge in [-0.2, -0.15) is 0 Å². The Morgan fingerprint density at radius 2 is 1.68 bits per heavy atom. The topological polar surface area (TPSA) is 87.7 Å². The van der Waals surface area contributed by atoms with Gasteiger partial charge in [-0.1, -0.05) is 54.6 Å². The summed E-state index contributed by atoms with van der Waals surface area (Å²) in [6.07, 6.45) is 0. The average molecular weight is 512 g/mol. The SMILES string of the molecule is COc1ccccc1NC(=O)CN1C(=O)C(NC(=O)c2ccc3ccccc3c2)CSc2ccccc21. The van der Waals surface area contributed by atoms with Gasteiger partial charge in [0.15, 0.2) is 0 Å². The summed E-state index contributed by atoms with van der Waals surface area (Å²) in [5.74, 6) is -0.190. The van der Waals surface area contributed by atoms with Crippen LogP contribution in [-0.2, 0) is 9.59 Å². The molecule has 0 bridgehead atoms. The molecule has 4 aromatic rings. The first kappa shape index (κ1) is 24.4. The predicted molar refractivity (Wildman–Crippen MR) is 146 cm³/mol. The molecule has 186 valence electrons. The molecule has 7 nitrogen and oxygen atoms in total. The molecule has 1 aliphatic heterocycles. The van der Waals surface area contributed by atoms with Crippen molar-refractivity contribution in [1.29, 1.82) is 0 Å². The number of ether oxygens (including phenoxy) is 1. The highest BCUT2D eigenvalue weighted by molar-refractivity contribution is 7.99. The highest BCUT2D eigenvalue weighted by Gasteiger charge is 2.33. The van der Waals surface area contributed by atoms with Crippen molar-refractivity contribution in [2.45, 2.75) is 10.9 Å². The normalized spacial score (nSPS) is 15.0. The molecule has 1 heterocycles. The number of methoxy groups -OCH3 is 1. The third kappa shape index (κ3) is 5.29. The minimum Gasteiger partial charge on any atom is -0.495 e. The minimum atomic E-state index is -0.810. The number of benzene rings is 4. The molecule has 4 aromatic carbocycles. The van der Waals surface area contributed by atoms with Gasteiger partial charge >= 0.3 is 0 Å². The molecule has 37 heavy (non-hydrogen) atoms. The van der Waals surface area contributed by atoms with E-state index in [1.54, 1.807) is 24.3 Å². The summed E-state index contributed by atoms with van der Waals surface area (Å²) in [4.78, 5) is 42.2. The second kappa shape index (κ2) is 10.8. The fourth-order valence-corrected chi connectivity index (χ4v) is 5.35. The van der Waals surface area contributed by atoms with Gasteiger partial charge in [-0.25, -0.2) is 0 Å². The minimum absolute atomic E-state index is 0.212. The van der Waals surface area contributed by atoms with E-state index >= 15 is 0 Å². The van der Waals surface area contributed by atoms with E-state index in [-0.39, 0.29) is 24.3 Å². The van der Waals surface area contributed by atoms with Crippen LogP contribution in [0.4, 0.5) is 11.4 Å². The maximum absolute atomic E-state index is 13.7. The van der Waals surface area contributed by atoms with Gasteiger partial charge in [-0.3, -0.25) is 14.4 Å². The summed E-state index contributed by atoms with van der Waals surface area (Å²) in [5.41, 5.74) is 1.62. The van der Waals surface area contributed by atoms with E-state index < -0.39 is 6.04 Å². The maximum Gasteiger partial charge on any atom is 0.251 e. The number of thioether (sulfide) groups is 1. The van der Waals surface area contributed by atoms with Gasteiger partial charge in [0.05, 0.1) is 18.5 Å². The molecular formula is C29H25N3O4S. The van der Waals surface area contributed by atoms with Crippen LogP contribution in [0, 0.1) is 0 Å². The zero-order chi connectivity index (χ0) is 25.8. The van der Waals surface area contributed by atoms with Gasteiger partial charge in [0.1, 0.15) is 18.3 Å². The first-order chi connectivity index (χ1) is 18.0. The Balaban J connectivity index is 1.37. The summed E-state index contributed by atoms with van der Waals surface area (Å²) in [5, 5.41) is 7.69. The van der Waals surface area contributed by atoms with E-state index in [1.807, 2.05) is 66.7 Å². The Labute approximate surface area is 218 Å². The van der Waals surface area contributed by atoms with Crippen molar-refractivity contribution < 1.29 is 19.1 Å². The van der Waals surface area contributed by atoms with E-state index in [1.165, 1.54) is 23.8 Å². The van der Waals surface area contributed by atoms with Crippen LogP contribution in [0.1, 0.15) is 10.4 Å². The summed E-state index contributed by atoms with van der Waals surface area (Å²) in [6.45, 7) is -0.212. The largest absolute Gasteiger partial charge is 0.495 e. The lowest BCUT2D eigenvalue weighted by molar-refractivity contribution is -0.122. The molecule has 0 fully saturated rings. The van der Waals surface area contributed by atoms with Crippen molar-refractivity contribution in [2.75, 3.05) is 29.6 Å². The van der Waals surface area contributed by atoms with Gasteiger partial charge in [0, 0.05) is 16.2 Å². The molecule has 1 aliphatic rings. The Morgan fingerprint density at radius 3 is 2.51 bits per heavy atom. The Bertz CT molecular complexity index is 1490. The van der Waals surface area contributed by atoms with Crippen LogP contribution >= 0.6 is 11.8 Å². The average Bonchev–Trinajstić information content (AvgIpc) is 3.05. The monoisotopic (exact) mass is 511 g/mol. The van der Waals surface area contributed by atoms with Crippen LogP contribution in [0.3, 0.4) is 0 Å².